The normalized spacial score (nSPS) is 14.0. The molecule has 3 rings (SSSR count). The average molecular weight is 453 g/mol. The first kappa shape index (κ1) is 21.9. The van der Waals surface area contributed by atoms with Gasteiger partial charge in [-0.3, -0.25) is 0 Å². The second-order valence-electron chi connectivity index (χ2n) is 6.48. The van der Waals surface area contributed by atoms with Crippen molar-refractivity contribution in [3.8, 4) is 0 Å². The number of rotatable bonds is 8. The summed E-state index contributed by atoms with van der Waals surface area (Å²) in [5, 5.41) is 8.12. The van der Waals surface area contributed by atoms with Crippen LogP contribution in [-0.4, -0.2) is 28.1 Å². The number of benzene rings is 1. The van der Waals surface area contributed by atoms with E-state index in [0.717, 1.165) is 23.8 Å². The van der Waals surface area contributed by atoms with Crippen LogP contribution in [0.3, 0.4) is 0 Å². The van der Waals surface area contributed by atoms with E-state index in [4.69, 9.17) is 30.6 Å². The minimum absolute atomic E-state index is 0.0191. The molecule has 0 amide bonds. The molecular weight excluding hydrogens is 432 g/mol. The molecule has 1 aliphatic carbocycles. The number of nitrogens with two attached hydrogens (primary N) is 1. The van der Waals surface area contributed by atoms with Crippen LogP contribution in [0, 0.1) is 0 Å². The van der Waals surface area contributed by atoms with Gasteiger partial charge in [-0.25, -0.2) is 18.4 Å². The highest BCUT2D eigenvalue weighted by Gasteiger charge is 2.22. The molecule has 0 radical (unpaired) electrons. The Labute approximate surface area is 179 Å². The van der Waals surface area contributed by atoms with Gasteiger partial charge in [-0.2, -0.15) is 0 Å². The quantitative estimate of drug-likeness (QED) is 0.587. The molecule has 30 heavy (non-hydrogen) atoms. The van der Waals surface area contributed by atoms with Crippen molar-refractivity contribution in [1.29, 1.82) is 0 Å². The number of methoxy groups -OCH3 is 1. The highest BCUT2D eigenvalue weighted by molar-refractivity contribution is 7.89. The Hall–Kier alpha value is -2.75. The molecule has 2 aromatic rings. The van der Waals surface area contributed by atoms with E-state index in [-0.39, 0.29) is 34.3 Å². The first-order valence-corrected chi connectivity index (χ1v) is 10.9. The number of furan rings is 1. The maximum absolute atomic E-state index is 12.8. The number of ether oxygens (including phenoxy) is 2. The maximum Gasteiger partial charge on any atom is 0.340 e. The number of allylic oxidation sites excluding steroid dienone is 2. The van der Waals surface area contributed by atoms with E-state index >= 15 is 0 Å². The standard InChI is InChI=1S/C20H21ClN2O6S/c1-27-18-7-3-2-5-13(18)12-29-20(24)15-9-19(30(22,25)26)16(21)10-17(15)23-11-14-6-4-8-28-14/h2,4-6,8-10,23H,3,7,11-12H2,1H3,(H2,22,25,26). The Kier molecular flexibility index (Phi) is 6.86. The van der Waals surface area contributed by atoms with E-state index in [1.807, 2.05) is 12.2 Å². The summed E-state index contributed by atoms with van der Waals surface area (Å²) in [6.07, 6.45) is 6.87. The minimum atomic E-state index is -4.14. The lowest BCUT2D eigenvalue weighted by Gasteiger charge is -2.16. The van der Waals surface area contributed by atoms with Crippen molar-refractivity contribution in [2.24, 2.45) is 5.14 Å². The highest BCUT2D eigenvalue weighted by atomic mass is 35.5. The zero-order valence-electron chi connectivity index (χ0n) is 16.2. The van der Waals surface area contributed by atoms with Crippen LogP contribution >= 0.6 is 11.6 Å². The van der Waals surface area contributed by atoms with Crippen LogP contribution in [0.5, 0.6) is 0 Å². The molecule has 0 atom stereocenters. The number of hydrogen-bond donors (Lipinski definition) is 2. The molecule has 0 bridgehead atoms. The minimum Gasteiger partial charge on any atom is -0.501 e. The topological polar surface area (TPSA) is 121 Å². The molecule has 0 fully saturated rings. The number of carbonyl (C=O) groups excluding carboxylic acids is 1. The number of hydrogen-bond acceptors (Lipinski definition) is 7. The highest BCUT2D eigenvalue weighted by Crippen LogP contribution is 2.30. The molecule has 0 unspecified atom stereocenters. The lowest BCUT2D eigenvalue weighted by atomic mass is 10.1. The Bertz CT molecular complexity index is 1090. The third-order valence-corrected chi connectivity index (χ3v) is 5.83. The van der Waals surface area contributed by atoms with E-state index in [1.165, 1.54) is 12.3 Å². The molecule has 0 spiro atoms. The second-order valence-corrected chi connectivity index (χ2v) is 8.41. The maximum atomic E-state index is 12.8. The van der Waals surface area contributed by atoms with E-state index in [0.29, 0.717) is 12.2 Å². The Balaban J connectivity index is 1.88. The molecule has 1 heterocycles. The SMILES string of the molecule is COC1=C(COC(=O)c2cc(S(N)(=O)=O)c(Cl)cc2NCc2ccco2)C=CCC1. The summed E-state index contributed by atoms with van der Waals surface area (Å²) in [6.45, 7) is 0.226. The van der Waals surface area contributed by atoms with E-state index in [9.17, 15) is 13.2 Å². The molecular formula is C20H21ClN2O6S. The van der Waals surface area contributed by atoms with Gasteiger partial charge in [-0.05, 0) is 30.7 Å². The monoisotopic (exact) mass is 452 g/mol. The molecule has 8 nitrogen and oxygen atoms in total. The van der Waals surface area contributed by atoms with Gasteiger partial charge in [0.25, 0.3) is 0 Å². The molecule has 10 heteroatoms. The number of carbonyl (C=O) groups is 1. The summed E-state index contributed by atoms with van der Waals surface area (Å²) in [6, 6.07) is 5.90. The molecule has 0 aliphatic heterocycles. The van der Waals surface area contributed by atoms with Gasteiger partial charge >= 0.3 is 5.97 Å². The number of primary sulfonamides is 1. The lowest BCUT2D eigenvalue weighted by Crippen LogP contribution is -2.17. The third-order valence-electron chi connectivity index (χ3n) is 4.45. The second kappa shape index (κ2) is 9.38. The van der Waals surface area contributed by atoms with Gasteiger partial charge in [0.2, 0.25) is 10.0 Å². The van der Waals surface area contributed by atoms with Gasteiger partial charge in [0, 0.05) is 12.0 Å². The van der Waals surface area contributed by atoms with E-state index < -0.39 is 16.0 Å². The molecule has 3 N–H and O–H groups in total. The lowest BCUT2D eigenvalue weighted by molar-refractivity contribution is 0.0538. The molecule has 0 saturated carbocycles. The molecule has 1 aromatic carbocycles. The number of nitrogens with one attached hydrogen (secondary N) is 1. The number of esters is 1. The van der Waals surface area contributed by atoms with Crippen molar-refractivity contribution in [2.75, 3.05) is 19.0 Å². The van der Waals surface area contributed by atoms with Crippen molar-refractivity contribution in [1.82, 2.24) is 0 Å². The smallest absolute Gasteiger partial charge is 0.340 e. The molecule has 1 aliphatic rings. The van der Waals surface area contributed by atoms with Crippen LogP contribution in [0.2, 0.25) is 5.02 Å². The van der Waals surface area contributed by atoms with E-state index in [1.54, 1.807) is 19.2 Å². The Morgan fingerprint density at radius 2 is 2.17 bits per heavy atom. The van der Waals surface area contributed by atoms with Crippen molar-refractivity contribution in [3.05, 3.63) is 70.4 Å². The fraction of sp³-hybridized carbons (Fsp3) is 0.250. The molecule has 0 saturated heterocycles. The number of halogens is 1. The zero-order chi connectivity index (χ0) is 21.7. The summed E-state index contributed by atoms with van der Waals surface area (Å²) in [5.41, 5.74) is 1.01. The summed E-state index contributed by atoms with van der Waals surface area (Å²) in [4.78, 5) is 12.4. The Morgan fingerprint density at radius 3 is 2.83 bits per heavy atom. The van der Waals surface area contributed by atoms with Crippen LogP contribution in [0.15, 0.2) is 63.3 Å². The van der Waals surface area contributed by atoms with Gasteiger partial charge in [0.05, 0.1) is 36.2 Å². The van der Waals surface area contributed by atoms with Crippen LogP contribution < -0.4 is 10.5 Å². The average Bonchev–Trinajstić information content (AvgIpc) is 3.23. The van der Waals surface area contributed by atoms with Gasteiger partial charge in [0.15, 0.2) is 0 Å². The van der Waals surface area contributed by atoms with Crippen molar-refractivity contribution in [2.45, 2.75) is 24.3 Å². The van der Waals surface area contributed by atoms with E-state index in [2.05, 4.69) is 5.32 Å². The fourth-order valence-corrected chi connectivity index (χ4v) is 4.06. The zero-order valence-corrected chi connectivity index (χ0v) is 17.8. The largest absolute Gasteiger partial charge is 0.501 e. The van der Waals surface area contributed by atoms with Crippen LogP contribution in [-0.2, 0) is 26.0 Å². The van der Waals surface area contributed by atoms with Crippen molar-refractivity contribution >= 4 is 33.3 Å². The summed E-state index contributed by atoms with van der Waals surface area (Å²) in [7, 11) is -2.58. The first-order chi connectivity index (χ1) is 14.3. The van der Waals surface area contributed by atoms with Crippen LogP contribution in [0.25, 0.3) is 0 Å². The predicted molar refractivity (Wildman–Crippen MR) is 112 cm³/mol. The first-order valence-electron chi connectivity index (χ1n) is 9.02. The van der Waals surface area contributed by atoms with Crippen molar-refractivity contribution < 1.29 is 27.1 Å². The summed E-state index contributed by atoms with van der Waals surface area (Å²) >= 11 is 6.08. The number of anilines is 1. The van der Waals surface area contributed by atoms with Gasteiger partial charge in [0.1, 0.15) is 23.0 Å². The van der Waals surface area contributed by atoms with Crippen molar-refractivity contribution in [3.63, 3.8) is 0 Å². The van der Waals surface area contributed by atoms with Gasteiger partial charge < -0.3 is 19.2 Å². The van der Waals surface area contributed by atoms with Gasteiger partial charge in [-0.1, -0.05) is 23.8 Å². The third kappa shape index (κ3) is 5.24. The fourth-order valence-electron chi connectivity index (χ4n) is 2.96. The van der Waals surface area contributed by atoms with Crippen LogP contribution in [0.1, 0.15) is 29.0 Å². The predicted octanol–water partition coefficient (Wildman–Crippen LogP) is 3.60. The van der Waals surface area contributed by atoms with Gasteiger partial charge in [-0.15, -0.1) is 0 Å². The van der Waals surface area contributed by atoms with Crippen LogP contribution in [0.4, 0.5) is 5.69 Å². The Morgan fingerprint density at radius 1 is 1.37 bits per heavy atom. The molecule has 160 valence electrons. The summed E-state index contributed by atoms with van der Waals surface area (Å²) < 4.78 is 39.7. The molecule has 1 aromatic heterocycles. The number of sulfonamides is 1. The summed E-state index contributed by atoms with van der Waals surface area (Å²) in [5.74, 6) is 0.617.